The van der Waals surface area contributed by atoms with Gasteiger partial charge in [0, 0.05) is 6.61 Å². The molecule has 0 bridgehead atoms. The summed E-state index contributed by atoms with van der Waals surface area (Å²) in [6.07, 6.45) is 2.46. The molecule has 0 spiro atoms. The van der Waals surface area contributed by atoms with Gasteiger partial charge in [-0.05, 0) is 43.9 Å². The number of rotatable bonds is 4. The van der Waals surface area contributed by atoms with E-state index in [0.29, 0.717) is 18.1 Å². The molecule has 1 aliphatic rings. The lowest BCUT2D eigenvalue weighted by Gasteiger charge is -2.17. The standard InChI is InChI=1S/C15H19N3O3/c1-15(7-2-8-20-15)14-17-13(21-18-14)12(16)9-10-3-5-11(19)6-4-10/h3-6,12,19H,2,7-9,16H2,1H3/t12-,15?/m1/s1. The van der Waals surface area contributed by atoms with Crippen molar-refractivity contribution in [3.8, 4) is 5.75 Å². The SMILES string of the molecule is CC1(c2noc([C@H](N)Cc3ccc(O)cc3)n2)CCCO1. The minimum atomic E-state index is -0.458. The number of hydrogen-bond acceptors (Lipinski definition) is 6. The molecular formula is C15H19N3O3. The second-order valence-electron chi connectivity index (χ2n) is 5.62. The van der Waals surface area contributed by atoms with Crippen molar-refractivity contribution in [2.24, 2.45) is 5.73 Å². The minimum Gasteiger partial charge on any atom is -0.508 e. The number of aromatic hydroxyl groups is 1. The number of phenolic OH excluding ortho intramolecular Hbond substituents is 1. The fourth-order valence-corrected chi connectivity index (χ4v) is 2.53. The summed E-state index contributed by atoms with van der Waals surface area (Å²) in [5, 5.41) is 13.3. The summed E-state index contributed by atoms with van der Waals surface area (Å²) in [4.78, 5) is 4.40. The van der Waals surface area contributed by atoms with E-state index in [1.165, 1.54) is 0 Å². The maximum absolute atomic E-state index is 9.27. The van der Waals surface area contributed by atoms with Gasteiger partial charge in [0.2, 0.25) is 11.7 Å². The van der Waals surface area contributed by atoms with Crippen LogP contribution in [0.5, 0.6) is 5.75 Å². The van der Waals surface area contributed by atoms with Gasteiger partial charge in [-0.3, -0.25) is 0 Å². The van der Waals surface area contributed by atoms with E-state index in [1.807, 2.05) is 19.1 Å². The monoisotopic (exact) mass is 289 g/mol. The van der Waals surface area contributed by atoms with E-state index in [0.717, 1.165) is 25.0 Å². The molecule has 1 fully saturated rings. The van der Waals surface area contributed by atoms with Crippen LogP contribution in [0.1, 0.15) is 43.1 Å². The van der Waals surface area contributed by atoms with Gasteiger partial charge in [0.1, 0.15) is 11.4 Å². The molecule has 6 nitrogen and oxygen atoms in total. The van der Waals surface area contributed by atoms with Crippen molar-refractivity contribution in [1.82, 2.24) is 10.1 Å². The Balaban J connectivity index is 1.72. The molecule has 2 heterocycles. The Hall–Kier alpha value is -1.92. The average molecular weight is 289 g/mol. The Kier molecular flexibility index (Phi) is 3.65. The number of phenols is 1. The third-order valence-electron chi connectivity index (χ3n) is 3.84. The predicted molar refractivity (Wildman–Crippen MR) is 75.6 cm³/mol. The summed E-state index contributed by atoms with van der Waals surface area (Å²) in [5.74, 6) is 1.21. The molecule has 2 atom stereocenters. The van der Waals surface area contributed by atoms with E-state index in [9.17, 15) is 5.11 Å². The van der Waals surface area contributed by atoms with Crippen LogP contribution in [0, 0.1) is 0 Å². The van der Waals surface area contributed by atoms with Crippen LogP contribution in [0.3, 0.4) is 0 Å². The van der Waals surface area contributed by atoms with Gasteiger partial charge < -0.3 is 20.1 Å². The van der Waals surface area contributed by atoms with Crippen LogP contribution < -0.4 is 5.73 Å². The van der Waals surface area contributed by atoms with Crippen LogP contribution in [-0.2, 0) is 16.8 Å². The van der Waals surface area contributed by atoms with Gasteiger partial charge >= 0.3 is 0 Å². The van der Waals surface area contributed by atoms with Crippen molar-refractivity contribution >= 4 is 0 Å². The second-order valence-corrected chi connectivity index (χ2v) is 5.62. The van der Waals surface area contributed by atoms with E-state index in [2.05, 4.69) is 10.1 Å². The van der Waals surface area contributed by atoms with Gasteiger partial charge in [0.25, 0.3) is 0 Å². The number of hydrogen-bond donors (Lipinski definition) is 2. The molecule has 1 unspecified atom stereocenters. The molecule has 21 heavy (non-hydrogen) atoms. The molecule has 0 amide bonds. The molecule has 1 saturated heterocycles. The first kappa shape index (κ1) is 14.0. The Morgan fingerprint density at radius 3 is 2.81 bits per heavy atom. The summed E-state index contributed by atoms with van der Waals surface area (Å²) in [5.41, 5.74) is 6.67. The van der Waals surface area contributed by atoms with Gasteiger partial charge in [0.05, 0.1) is 6.04 Å². The molecule has 1 aliphatic heterocycles. The average Bonchev–Trinajstić information content (AvgIpc) is 3.11. The molecule has 1 aromatic carbocycles. The number of ether oxygens (including phenoxy) is 1. The maximum atomic E-state index is 9.27. The van der Waals surface area contributed by atoms with E-state index in [1.54, 1.807) is 12.1 Å². The van der Waals surface area contributed by atoms with E-state index in [-0.39, 0.29) is 11.8 Å². The second kappa shape index (κ2) is 5.46. The largest absolute Gasteiger partial charge is 0.508 e. The highest BCUT2D eigenvalue weighted by molar-refractivity contribution is 5.26. The van der Waals surface area contributed by atoms with Gasteiger partial charge in [0.15, 0.2) is 0 Å². The highest BCUT2D eigenvalue weighted by Gasteiger charge is 2.37. The first-order valence-electron chi connectivity index (χ1n) is 7.08. The summed E-state index contributed by atoms with van der Waals surface area (Å²) in [6, 6.07) is 6.55. The zero-order chi connectivity index (χ0) is 14.9. The third kappa shape index (κ3) is 2.91. The van der Waals surface area contributed by atoms with Crippen molar-refractivity contribution in [1.29, 1.82) is 0 Å². The fraction of sp³-hybridized carbons (Fsp3) is 0.467. The van der Waals surface area contributed by atoms with E-state index < -0.39 is 5.60 Å². The van der Waals surface area contributed by atoms with Crippen molar-refractivity contribution in [3.05, 3.63) is 41.5 Å². The van der Waals surface area contributed by atoms with Gasteiger partial charge in [-0.1, -0.05) is 17.3 Å². The molecule has 3 rings (SSSR count). The van der Waals surface area contributed by atoms with Crippen molar-refractivity contribution < 1.29 is 14.4 Å². The van der Waals surface area contributed by atoms with Crippen LogP contribution in [0.15, 0.2) is 28.8 Å². The Labute approximate surface area is 122 Å². The van der Waals surface area contributed by atoms with Crippen molar-refractivity contribution in [2.45, 2.75) is 37.8 Å². The quantitative estimate of drug-likeness (QED) is 0.894. The first-order valence-corrected chi connectivity index (χ1v) is 7.08. The predicted octanol–water partition coefficient (Wildman–Crippen LogP) is 2.04. The molecule has 0 aliphatic carbocycles. The van der Waals surface area contributed by atoms with Crippen LogP contribution in [0.2, 0.25) is 0 Å². The molecule has 112 valence electrons. The summed E-state index contributed by atoms with van der Waals surface area (Å²) < 4.78 is 11.0. The lowest BCUT2D eigenvalue weighted by molar-refractivity contribution is 0.00768. The topological polar surface area (TPSA) is 94.4 Å². The van der Waals surface area contributed by atoms with Crippen molar-refractivity contribution in [2.75, 3.05) is 6.61 Å². The number of nitrogens with two attached hydrogens (primary N) is 1. The molecule has 0 radical (unpaired) electrons. The van der Waals surface area contributed by atoms with Gasteiger partial charge in [-0.25, -0.2) is 0 Å². The number of nitrogens with zero attached hydrogens (tertiary/aromatic N) is 2. The summed E-state index contributed by atoms with van der Waals surface area (Å²) >= 11 is 0. The molecular weight excluding hydrogens is 270 g/mol. The van der Waals surface area contributed by atoms with Gasteiger partial charge in [-0.15, -0.1) is 0 Å². The van der Waals surface area contributed by atoms with Crippen molar-refractivity contribution in [3.63, 3.8) is 0 Å². The lowest BCUT2D eigenvalue weighted by atomic mass is 10.0. The molecule has 6 heteroatoms. The Bertz CT molecular complexity index is 603. The maximum Gasteiger partial charge on any atom is 0.244 e. The normalized spacial score (nSPS) is 23.3. The first-order chi connectivity index (χ1) is 10.1. The van der Waals surface area contributed by atoms with Gasteiger partial charge in [-0.2, -0.15) is 4.98 Å². The van der Waals surface area contributed by atoms with Crippen LogP contribution in [0.25, 0.3) is 0 Å². The molecule has 0 saturated carbocycles. The lowest BCUT2D eigenvalue weighted by Crippen LogP contribution is -2.22. The summed E-state index contributed by atoms with van der Waals surface area (Å²) in [6.45, 7) is 2.69. The zero-order valence-electron chi connectivity index (χ0n) is 12.0. The van der Waals surface area contributed by atoms with E-state index >= 15 is 0 Å². The molecule has 2 aromatic rings. The fourth-order valence-electron chi connectivity index (χ4n) is 2.53. The van der Waals surface area contributed by atoms with Crippen LogP contribution in [-0.4, -0.2) is 21.9 Å². The Morgan fingerprint density at radius 1 is 1.38 bits per heavy atom. The van der Waals surface area contributed by atoms with Crippen LogP contribution in [0.4, 0.5) is 0 Å². The highest BCUT2D eigenvalue weighted by Crippen LogP contribution is 2.34. The zero-order valence-corrected chi connectivity index (χ0v) is 12.0. The number of aromatic nitrogens is 2. The molecule has 1 aromatic heterocycles. The van der Waals surface area contributed by atoms with E-state index in [4.69, 9.17) is 15.0 Å². The summed E-state index contributed by atoms with van der Waals surface area (Å²) in [7, 11) is 0. The highest BCUT2D eigenvalue weighted by atomic mass is 16.5. The van der Waals surface area contributed by atoms with Crippen LogP contribution >= 0.6 is 0 Å². The Morgan fingerprint density at radius 2 is 2.14 bits per heavy atom. The number of benzene rings is 1. The third-order valence-corrected chi connectivity index (χ3v) is 3.84. The smallest absolute Gasteiger partial charge is 0.244 e. The molecule has 3 N–H and O–H groups in total. The minimum absolute atomic E-state index is 0.235.